The Morgan fingerprint density at radius 3 is 2.36 bits per heavy atom. The summed E-state index contributed by atoms with van der Waals surface area (Å²) in [5, 5.41) is 6.86. The highest BCUT2D eigenvalue weighted by Crippen LogP contribution is 2.17. The van der Waals surface area contributed by atoms with Gasteiger partial charge in [-0.1, -0.05) is 12.1 Å². The highest BCUT2D eigenvalue weighted by atomic mass is 32.1. The van der Waals surface area contributed by atoms with Gasteiger partial charge >= 0.3 is 0 Å². The van der Waals surface area contributed by atoms with Crippen molar-refractivity contribution in [2.24, 2.45) is 0 Å². The molecular formula is C16H19N3O2S. The van der Waals surface area contributed by atoms with Crippen molar-refractivity contribution in [3.05, 3.63) is 48.2 Å². The summed E-state index contributed by atoms with van der Waals surface area (Å²) >= 11 is 5.32. The molecule has 22 heavy (non-hydrogen) atoms. The van der Waals surface area contributed by atoms with Crippen LogP contribution in [-0.4, -0.2) is 24.3 Å². The molecule has 1 aromatic carbocycles. The van der Waals surface area contributed by atoms with Crippen molar-refractivity contribution < 1.29 is 9.47 Å². The van der Waals surface area contributed by atoms with Crippen LogP contribution < -0.4 is 20.1 Å². The number of rotatable bonds is 5. The van der Waals surface area contributed by atoms with Crippen LogP contribution in [0.2, 0.25) is 0 Å². The number of nitrogens with one attached hydrogen (secondary N) is 2. The van der Waals surface area contributed by atoms with Gasteiger partial charge in [-0.15, -0.1) is 0 Å². The van der Waals surface area contributed by atoms with Gasteiger partial charge in [-0.25, -0.2) is 4.98 Å². The first-order valence-electron chi connectivity index (χ1n) is 6.84. The monoisotopic (exact) mass is 317 g/mol. The molecule has 1 atom stereocenters. The van der Waals surface area contributed by atoms with E-state index in [1.807, 2.05) is 37.3 Å². The molecule has 0 amide bonds. The smallest absolute Gasteiger partial charge is 0.213 e. The van der Waals surface area contributed by atoms with E-state index in [-0.39, 0.29) is 6.04 Å². The number of anilines is 1. The van der Waals surface area contributed by atoms with Crippen molar-refractivity contribution in [2.45, 2.75) is 13.0 Å². The zero-order valence-corrected chi connectivity index (χ0v) is 13.6. The SMILES string of the molecule is COc1ccc([C@@H](C)NC(=S)Nc2ccc(OC)nc2)cc1. The molecule has 0 radical (unpaired) electrons. The fourth-order valence-corrected chi connectivity index (χ4v) is 2.21. The number of benzene rings is 1. The second-order valence-electron chi connectivity index (χ2n) is 4.68. The largest absolute Gasteiger partial charge is 0.497 e. The average molecular weight is 317 g/mol. The Bertz CT molecular complexity index is 614. The van der Waals surface area contributed by atoms with Crippen LogP contribution in [-0.2, 0) is 0 Å². The molecule has 0 aliphatic heterocycles. The summed E-state index contributed by atoms with van der Waals surface area (Å²) < 4.78 is 10.2. The number of hydrogen-bond acceptors (Lipinski definition) is 4. The topological polar surface area (TPSA) is 55.4 Å². The number of aromatic nitrogens is 1. The molecule has 2 rings (SSSR count). The molecule has 0 aliphatic carbocycles. The number of thiocarbonyl (C=S) groups is 1. The highest BCUT2D eigenvalue weighted by Gasteiger charge is 2.07. The minimum Gasteiger partial charge on any atom is -0.497 e. The van der Waals surface area contributed by atoms with E-state index in [1.54, 1.807) is 26.5 Å². The van der Waals surface area contributed by atoms with E-state index in [9.17, 15) is 0 Å². The van der Waals surface area contributed by atoms with E-state index in [1.165, 1.54) is 0 Å². The number of nitrogens with zero attached hydrogens (tertiary/aromatic N) is 1. The van der Waals surface area contributed by atoms with E-state index in [2.05, 4.69) is 15.6 Å². The predicted octanol–water partition coefficient (Wildman–Crippen LogP) is 3.15. The summed E-state index contributed by atoms with van der Waals surface area (Å²) in [5.41, 5.74) is 1.93. The number of pyridine rings is 1. The van der Waals surface area contributed by atoms with Crippen LogP contribution >= 0.6 is 12.2 Å². The van der Waals surface area contributed by atoms with Gasteiger partial charge in [0, 0.05) is 6.07 Å². The maximum atomic E-state index is 5.32. The molecule has 0 bridgehead atoms. The zero-order chi connectivity index (χ0) is 15.9. The molecule has 1 heterocycles. The lowest BCUT2D eigenvalue weighted by Gasteiger charge is -2.17. The molecule has 2 N–H and O–H groups in total. The van der Waals surface area contributed by atoms with E-state index >= 15 is 0 Å². The second kappa shape index (κ2) is 7.61. The van der Waals surface area contributed by atoms with Crippen LogP contribution in [0.25, 0.3) is 0 Å². The Kier molecular flexibility index (Phi) is 5.55. The average Bonchev–Trinajstić information content (AvgIpc) is 2.55. The molecule has 5 nitrogen and oxygen atoms in total. The Morgan fingerprint density at radius 1 is 1.09 bits per heavy atom. The van der Waals surface area contributed by atoms with Gasteiger partial charge in [0.25, 0.3) is 0 Å². The highest BCUT2D eigenvalue weighted by molar-refractivity contribution is 7.80. The van der Waals surface area contributed by atoms with Gasteiger partial charge in [-0.3, -0.25) is 0 Å². The van der Waals surface area contributed by atoms with Gasteiger partial charge in [0.05, 0.1) is 32.1 Å². The first-order chi connectivity index (χ1) is 10.6. The van der Waals surface area contributed by atoms with Crippen molar-refractivity contribution in [1.29, 1.82) is 0 Å². The van der Waals surface area contributed by atoms with E-state index in [0.29, 0.717) is 11.0 Å². The van der Waals surface area contributed by atoms with Crippen molar-refractivity contribution in [3.8, 4) is 11.6 Å². The molecule has 0 saturated heterocycles. The number of methoxy groups -OCH3 is 2. The Labute approximate surface area is 135 Å². The van der Waals surface area contributed by atoms with Crippen LogP contribution in [0.15, 0.2) is 42.6 Å². The maximum Gasteiger partial charge on any atom is 0.213 e. The van der Waals surface area contributed by atoms with Crippen molar-refractivity contribution >= 4 is 23.0 Å². The third kappa shape index (κ3) is 4.33. The van der Waals surface area contributed by atoms with Crippen molar-refractivity contribution in [1.82, 2.24) is 10.3 Å². The third-order valence-electron chi connectivity index (χ3n) is 3.17. The molecule has 6 heteroatoms. The fraction of sp³-hybridized carbons (Fsp3) is 0.250. The van der Waals surface area contributed by atoms with Gasteiger partial charge in [0.2, 0.25) is 5.88 Å². The summed E-state index contributed by atoms with van der Waals surface area (Å²) in [5.74, 6) is 1.40. The number of hydrogen-bond donors (Lipinski definition) is 2. The predicted molar refractivity (Wildman–Crippen MR) is 91.6 cm³/mol. The van der Waals surface area contributed by atoms with Crippen LogP contribution in [0.5, 0.6) is 11.6 Å². The van der Waals surface area contributed by atoms with E-state index < -0.39 is 0 Å². The van der Waals surface area contributed by atoms with Crippen LogP contribution in [0, 0.1) is 0 Å². The normalized spacial score (nSPS) is 11.4. The van der Waals surface area contributed by atoms with Crippen molar-refractivity contribution in [3.63, 3.8) is 0 Å². The molecular weight excluding hydrogens is 298 g/mol. The quantitative estimate of drug-likeness (QED) is 0.826. The van der Waals surface area contributed by atoms with Gasteiger partial charge in [0.1, 0.15) is 5.75 Å². The maximum absolute atomic E-state index is 5.32. The Morgan fingerprint density at radius 2 is 1.82 bits per heavy atom. The molecule has 2 aromatic rings. The summed E-state index contributed by atoms with van der Waals surface area (Å²) in [6.45, 7) is 2.04. The summed E-state index contributed by atoms with van der Waals surface area (Å²) in [4.78, 5) is 4.12. The van der Waals surface area contributed by atoms with Gasteiger partial charge < -0.3 is 20.1 Å². The minimum absolute atomic E-state index is 0.0807. The van der Waals surface area contributed by atoms with Crippen LogP contribution in [0.1, 0.15) is 18.5 Å². The standard InChI is InChI=1S/C16H19N3O2S/c1-11(12-4-7-14(20-2)8-5-12)18-16(22)19-13-6-9-15(21-3)17-10-13/h4-11H,1-3H3,(H2,18,19,22)/t11-/m1/s1. The summed E-state index contributed by atoms with van der Waals surface area (Å²) in [6, 6.07) is 11.6. The first kappa shape index (κ1) is 16.0. The van der Waals surface area contributed by atoms with Gasteiger partial charge in [0.15, 0.2) is 5.11 Å². The molecule has 0 spiro atoms. The van der Waals surface area contributed by atoms with E-state index in [4.69, 9.17) is 21.7 Å². The summed E-state index contributed by atoms with van der Waals surface area (Å²) in [7, 11) is 3.23. The molecule has 116 valence electrons. The molecule has 0 fully saturated rings. The molecule has 0 unspecified atom stereocenters. The Balaban J connectivity index is 1.92. The minimum atomic E-state index is 0.0807. The fourth-order valence-electron chi connectivity index (χ4n) is 1.91. The van der Waals surface area contributed by atoms with Gasteiger partial charge in [-0.2, -0.15) is 0 Å². The molecule has 0 saturated carbocycles. The Hall–Kier alpha value is -2.34. The lowest BCUT2D eigenvalue weighted by Crippen LogP contribution is -2.30. The summed E-state index contributed by atoms with van der Waals surface area (Å²) in [6.07, 6.45) is 1.67. The van der Waals surface area contributed by atoms with E-state index in [0.717, 1.165) is 17.0 Å². The second-order valence-corrected chi connectivity index (χ2v) is 5.09. The lowest BCUT2D eigenvalue weighted by atomic mass is 10.1. The zero-order valence-electron chi connectivity index (χ0n) is 12.8. The van der Waals surface area contributed by atoms with Crippen LogP contribution in [0.3, 0.4) is 0 Å². The molecule has 1 aromatic heterocycles. The first-order valence-corrected chi connectivity index (χ1v) is 7.24. The number of ether oxygens (including phenoxy) is 2. The lowest BCUT2D eigenvalue weighted by molar-refractivity contribution is 0.398. The van der Waals surface area contributed by atoms with Gasteiger partial charge in [-0.05, 0) is 42.9 Å². The molecule has 0 aliphatic rings. The van der Waals surface area contributed by atoms with Crippen LogP contribution in [0.4, 0.5) is 5.69 Å². The third-order valence-corrected chi connectivity index (χ3v) is 3.39. The van der Waals surface area contributed by atoms with Crippen molar-refractivity contribution in [2.75, 3.05) is 19.5 Å².